The predicted molar refractivity (Wildman–Crippen MR) is 99.2 cm³/mol. The number of aryl methyl sites for hydroxylation is 2. The molecule has 25 heavy (non-hydrogen) atoms. The SMILES string of the molecule is Cn1c(CCNC2CCN(c3ccc4c(c3)CCC4)CC2)n[nH]c1=O. The van der Waals surface area contributed by atoms with Crippen LogP contribution in [-0.2, 0) is 26.3 Å². The molecule has 0 radical (unpaired) electrons. The summed E-state index contributed by atoms with van der Waals surface area (Å²) in [6.07, 6.45) is 6.92. The summed E-state index contributed by atoms with van der Waals surface area (Å²) >= 11 is 0. The van der Waals surface area contributed by atoms with Crippen molar-refractivity contribution in [3.8, 4) is 0 Å². The number of rotatable bonds is 5. The van der Waals surface area contributed by atoms with Crippen LogP contribution in [0.1, 0.15) is 36.2 Å². The second-order valence-corrected chi connectivity index (χ2v) is 7.28. The molecule has 1 fully saturated rings. The van der Waals surface area contributed by atoms with Gasteiger partial charge in [-0.3, -0.25) is 4.57 Å². The number of aromatic amines is 1. The van der Waals surface area contributed by atoms with Gasteiger partial charge in [0.05, 0.1) is 0 Å². The Labute approximate surface area is 148 Å². The molecule has 1 aliphatic heterocycles. The summed E-state index contributed by atoms with van der Waals surface area (Å²) in [4.78, 5) is 13.9. The van der Waals surface area contributed by atoms with E-state index in [-0.39, 0.29) is 5.69 Å². The predicted octanol–water partition coefficient (Wildman–Crippen LogP) is 1.40. The number of H-pyrrole nitrogens is 1. The van der Waals surface area contributed by atoms with Crippen LogP contribution in [0.3, 0.4) is 0 Å². The molecule has 2 aromatic rings. The first-order valence-corrected chi connectivity index (χ1v) is 9.41. The highest BCUT2D eigenvalue weighted by molar-refractivity contribution is 5.52. The Morgan fingerprint density at radius 3 is 2.80 bits per heavy atom. The van der Waals surface area contributed by atoms with Crippen LogP contribution in [-0.4, -0.2) is 40.4 Å². The minimum atomic E-state index is -0.141. The Morgan fingerprint density at radius 2 is 2.04 bits per heavy atom. The Balaban J connectivity index is 1.25. The second-order valence-electron chi connectivity index (χ2n) is 7.28. The molecule has 134 valence electrons. The van der Waals surface area contributed by atoms with Crippen molar-refractivity contribution in [1.82, 2.24) is 20.1 Å². The molecule has 6 heteroatoms. The molecule has 0 atom stereocenters. The largest absolute Gasteiger partial charge is 0.371 e. The van der Waals surface area contributed by atoms with Crippen LogP contribution < -0.4 is 15.9 Å². The van der Waals surface area contributed by atoms with Gasteiger partial charge in [-0.1, -0.05) is 6.07 Å². The zero-order valence-corrected chi connectivity index (χ0v) is 14.9. The van der Waals surface area contributed by atoms with Gasteiger partial charge in [-0.2, -0.15) is 5.10 Å². The Morgan fingerprint density at radius 1 is 1.24 bits per heavy atom. The van der Waals surface area contributed by atoms with Crippen LogP contribution in [0.2, 0.25) is 0 Å². The fraction of sp³-hybridized carbons (Fsp3) is 0.579. The first-order valence-electron chi connectivity index (χ1n) is 9.41. The Hall–Kier alpha value is -2.08. The van der Waals surface area contributed by atoms with Gasteiger partial charge in [-0.25, -0.2) is 9.89 Å². The fourth-order valence-electron chi connectivity index (χ4n) is 4.09. The van der Waals surface area contributed by atoms with Gasteiger partial charge in [0.15, 0.2) is 0 Å². The van der Waals surface area contributed by atoms with Crippen LogP contribution in [0.25, 0.3) is 0 Å². The molecule has 4 rings (SSSR count). The molecule has 0 saturated carbocycles. The molecular formula is C19H27N5O. The van der Waals surface area contributed by atoms with Crippen molar-refractivity contribution in [1.29, 1.82) is 0 Å². The van der Waals surface area contributed by atoms with Crippen molar-refractivity contribution in [2.24, 2.45) is 7.05 Å². The average molecular weight is 341 g/mol. The zero-order valence-electron chi connectivity index (χ0n) is 14.9. The fourth-order valence-corrected chi connectivity index (χ4v) is 4.09. The number of fused-ring (bicyclic) bond motifs is 1. The van der Waals surface area contributed by atoms with Crippen molar-refractivity contribution in [3.05, 3.63) is 45.6 Å². The van der Waals surface area contributed by atoms with Crippen molar-refractivity contribution in [2.75, 3.05) is 24.5 Å². The Bertz CT molecular complexity index is 785. The summed E-state index contributed by atoms with van der Waals surface area (Å²) in [5.41, 5.74) is 4.36. The van der Waals surface area contributed by atoms with E-state index in [0.29, 0.717) is 6.04 Å². The highest BCUT2D eigenvalue weighted by atomic mass is 16.1. The van der Waals surface area contributed by atoms with Crippen LogP contribution in [0, 0.1) is 0 Å². The van der Waals surface area contributed by atoms with E-state index in [4.69, 9.17) is 0 Å². The quantitative estimate of drug-likeness (QED) is 0.863. The van der Waals surface area contributed by atoms with Crippen molar-refractivity contribution >= 4 is 5.69 Å². The first-order chi connectivity index (χ1) is 12.2. The van der Waals surface area contributed by atoms with E-state index in [1.165, 1.54) is 24.9 Å². The molecule has 6 nitrogen and oxygen atoms in total. The number of nitrogens with zero attached hydrogens (tertiary/aromatic N) is 3. The molecule has 2 aliphatic rings. The van der Waals surface area contributed by atoms with E-state index < -0.39 is 0 Å². The molecule has 0 spiro atoms. The zero-order chi connectivity index (χ0) is 17.2. The minimum absolute atomic E-state index is 0.141. The molecule has 0 amide bonds. The number of piperidine rings is 1. The van der Waals surface area contributed by atoms with Gasteiger partial charge in [0.1, 0.15) is 5.82 Å². The summed E-state index contributed by atoms with van der Waals surface area (Å²) in [5.74, 6) is 0.813. The van der Waals surface area contributed by atoms with Crippen LogP contribution >= 0.6 is 0 Å². The smallest absolute Gasteiger partial charge is 0.343 e. The molecule has 0 bridgehead atoms. The van der Waals surface area contributed by atoms with Gasteiger partial charge in [-0.05, 0) is 55.4 Å². The number of nitrogens with one attached hydrogen (secondary N) is 2. The number of hydrogen-bond donors (Lipinski definition) is 2. The monoisotopic (exact) mass is 341 g/mol. The minimum Gasteiger partial charge on any atom is -0.371 e. The number of benzene rings is 1. The standard InChI is InChI=1S/C19H27N5O/c1-23-18(21-22-19(23)25)7-10-20-16-8-11-24(12-9-16)17-6-5-14-3-2-4-15(14)13-17/h5-6,13,16,20H,2-4,7-12H2,1H3,(H,22,25). The van der Waals surface area contributed by atoms with Crippen molar-refractivity contribution in [3.63, 3.8) is 0 Å². The number of anilines is 1. The maximum Gasteiger partial charge on any atom is 0.343 e. The lowest BCUT2D eigenvalue weighted by Crippen LogP contribution is -2.43. The summed E-state index contributed by atoms with van der Waals surface area (Å²) in [7, 11) is 1.76. The van der Waals surface area contributed by atoms with Gasteiger partial charge in [0.2, 0.25) is 0 Å². The number of aromatic nitrogens is 3. The topological polar surface area (TPSA) is 66.0 Å². The third-order valence-electron chi connectivity index (χ3n) is 5.70. The highest BCUT2D eigenvalue weighted by Gasteiger charge is 2.20. The molecule has 1 saturated heterocycles. The molecule has 0 unspecified atom stereocenters. The van der Waals surface area contributed by atoms with Crippen molar-refractivity contribution in [2.45, 2.75) is 44.6 Å². The van der Waals surface area contributed by atoms with E-state index in [0.717, 1.165) is 44.7 Å². The maximum absolute atomic E-state index is 11.4. The number of hydrogen-bond acceptors (Lipinski definition) is 4. The summed E-state index contributed by atoms with van der Waals surface area (Å²) < 4.78 is 1.58. The molecular weight excluding hydrogens is 314 g/mol. The maximum atomic E-state index is 11.4. The highest BCUT2D eigenvalue weighted by Crippen LogP contribution is 2.28. The van der Waals surface area contributed by atoms with Gasteiger partial charge in [-0.15, -0.1) is 0 Å². The molecule has 2 N–H and O–H groups in total. The van der Waals surface area contributed by atoms with Gasteiger partial charge >= 0.3 is 5.69 Å². The third kappa shape index (κ3) is 3.49. The molecule has 2 heterocycles. The van der Waals surface area contributed by atoms with E-state index in [1.807, 2.05) is 0 Å². The summed E-state index contributed by atoms with van der Waals surface area (Å²) in [5, 5.41) is 10.2. The second kappa shape index (κ2) is 7.04. The van der Waals surface area contributed by atoms with E-state index >= 15 is 0 Å². The molecule has 1 aromatic heterocycles. The van der Waals surface area contributed by atoms with Gasteiger partial charge < -0.3 is 10.2 Å². The van der Waals surface area contributed by atoms with Crippen LogP contribution in [0.4, 0.5) is 5.69 Å². The first kappa shape index (κ1) is 16.4. The van der Waals surface area contributed by atoms with Gasteiger partial charge in [0, 0.05) is 44.8 Å². The lowest BCUT2D eigenvalue weighted by molar-refractivity contribution is 0.415. The molecule has 1 aliphatic carbocycles. The average Bonchev–Trinajstić information content (AvgIpc) is 3.23. The van der Waals surface area contributed by atoms with Crippen LogP contribution in [0.5, 0.6) is 0 Å². The van der Waals surface area contributed by atoms with Crippen LogP contribution in [0.15, 0.2) is 23.0 Å². The van der Waals surface area contributed by atoms with Crippen molar-refractivity contribution < 1.29 is 0 Å². The van der Waals surface area contributed by atoms with E-state index in [1.54, 1.807) is 22.7 Å². The third-order valence-corrected chi connectivity index (χ3v) is 5.70. The molecule has 1 aromatic carbocycles. The lowest BCUT2D eigenvalue weighted by atomic mass is 10.0. The van der Waals surface area contributed by atoms with E-state index in [9.17, 15) is 4.79 Å². The normalized spacial score (nSPS) is 17.9. The van der Waals surface area contributed by atoms with E-state index in [2.05, 4.69) is 38.6 Å². The summed E-state index contributed by atoms with van der Waals surface area (Å²) in [6.45, 7) is 3.08. The Kier molecular flexibility index (Phi) is 4.61. The summed E-state index contributed by atoms with van der Waals surface area (Å²) in [6, 6.07) is 7.60. The lowest BCUT2D eigenvalue weighted by Gasteiger charge is -2.34. The van der Waals surface area contributed by atoms with Gasteiger partial charge in [0.25, 0.3) is 0 Å².